The Kier molecular flexibility index (Phi) is 3.25. The maximum atomic E-state index is 12.8. The zero-order valence-electron chi connectivity index (χ0n) is 12.7. The highest BCUT2D eigenvalue weighted by Gasteiger charge is 2.62. The molecule has 5 nitrogen and oxygen atoms in total. The minimum absolute atomic E-state index is 0.169. The monoisotopic (exact) mass is 313 g/mol. The van der Waals surface area contributed by atoms with Crippen molar-refractivity contribution in [2.24, 2.45) is 23.7 Å². The first kappa shape index (κ1) is 14.4. The Bertz CT molecular complexity index is 643. The Hall–Kier alpha value is -2.17. The van der Waals surface area contributed by atoms with E-state index in [1.54, 1.807) is 0 Å². The summed E-state index contributed by atoms with van der Waals surface area (Å²) in [6.07, 6.45) is 3.11. The number of likely N-dealkylation sites (tertiary alicyclic amines) is 1. The molecule has 5 heteroatoms. The summed E-state index contributed by atoms with van der Waals surface area (Å²) >= 11 is 0. The zero-order valence-corrected chi connectivity index (χ0v) is 12.7. The summed E-state index contributed by atoms with van der Waals surface area (Å²) in [4.78, 5) is 38.3. The summed E-state index contributed by atoms with van der Waals surface area (Å²) in [7, 11) is 0. The van der Waals surface area contributed by atoms with Crippen LogP contribution in [0.2, 0.25) is 0 Å². The van der Waals surface area contributed by atoms with Crippen LogP contribution < -0.4 is 0 Å². The van der Waals surface area contributed by atoms with Gasteiger partial charge < -0.3 is 5.11 Å². The fourth-order valence-electron chi connectivity index (χ4n) is 4.87. The Labute approximate surface area is 134 Å². The summed E-state index contributed by atoms with van der Waals surface area (Å²) in [5.41, 5.74) is 0.820. The smallest absolute Gasteiger partial charge is 0.327 e. The van der Waals surface area contributed by atoms with Gasteiger partial charge in [-0.25, -0.2) is 4.79 Å². The molecular weight excluding hydrogens is 294 g/mol. The van der Waals surface area contributed by atoms with Crippen LogP contribution >= 0.6 is 0 Å². The van der Waals surface area contributed by atoms with E-state index in [4.69, 9.17) is 0 Å². The molecule has 3 aliphatic rings. The summed E-state index contributed by atoms with van der Waals surface area (Å²) in [6, 6.07) is 8.07. The summed E-state index contributed by atoms with van der Waals surface area (Å²) < 4.78 is 0. The number of hydrogen-bond donors (Lipinski definition) is 1. The van der Waals surface area contributed by atoms with Gasteiger partial charge in [-0.2, -0.15) is 0 Å². The Morgan fingerprint density at radius 2 is 1.65 bits per heavy atom. The van der Waals surface area contributed by atoms with Crippen molar-refractivity contribution in [2.75, 3.05) is 0 Å². The summed E-state index contributed by atoms with van der Waals surface area (Å²) in [5.74, 6) is -1.60. The van der Waals surface area contributed by atoms with Crippen LogP contribution in [0.4, 0.5) is 0 Å². The first-order chi connectivity index (χ1) is 11.1. The fraction of sp³-hybridized carbons (Fsp3) is 0.500. The van der Waals surface area contributed by atoms with E-state index in [1.165, 1.54) is 0 Å². The molecule has 1 aliphatic heterocycles. The van der Waals surface area contributed by atoms with Crippen LogP contribution in [-0.4, -0.2) is 33.8 Å². The van der Waals surface area contributed by atoms with E-state index < -0.39 is 12.0 Å². The van der Waals surface area contributed by atoms with Gasteiger partial charge in [-0.05, 0) is 36.7 Å². The van der Waals surface area contributed by atoms with Crippen molar-refractivity contribution in [3.8, 4) is 0 Å². The maximum absolute atomic E-state index is 12.8. The van der Waals surface area contributed by atoms with E-state index in [2.05, 4.69) is 0 Å². The van der Waals surface area contributed by atoms with Gasteiger partial charge in [0.1, 0.15) is 6.04 Å². The molecule has 5 atom stereocenters. The van der Waals surface area contributed by atoms with Gasteiger partial charge >= 0.3 is 5.97 Å². The van der Waals surface area contributed by atoms with E-state index >= 15 is 0 Å². The number of carboxylic acids is 1. The highest BCUT2D eigenvalue weighted by Crippen LogP contribution is 2.56. The minimum atomic E-state index is -1.11. The highest BCUT2D eigenvalue weighted by molar-refractivity contribution is 6.08. The summed E-state index contributed by atoms with van der Waals surface area (Å²) in [5, 5.41) is 9.60. The van der Waals surface area contributed by atoms with Crippen LogP contribution in [0.5, 0.6) is 0 Å². The molecule has 0 radical (unpaired) electrons. The van der Waals surface area contributed by atoms with E-state index in [-0.39, 0.29) is 41.9 Å². The number of carbonyl (C=O) groups excluding carboxylic acids is 2. The molecule has 2 bridgehead atoms. The molecule has 1 aromatic rings. The lowest BCUT2D eigenvalue weighted by molar-refractivity contribution is -0.155. The second-order valence-electron chi connectivity index (χ2n) is 6.98. The molecule has 3 fully saturated rings. The Balaban J connectivity index is 1.63. The number of nitrogens with zero attached hydrogens (tertiary/aromatic N) is 1. The van der Waals surface area contributed by atoms with Gasteiger partial charge in [-0.3, -0.25) is 14.5 Å². The number of imide groups is 1. The predicted molar refractivity (Wildman–Crippen MR) is 81.2 cm³/mol. The Morgan fingerprint density at radius 1 is 1.09 bits per heavy atom. The molecule has 1 saturated heterocycles. The van der Waals surface area contributed by atoms with Crippen LogP contribution in [-0.2, 0) is 20.8 Å². The molecule has 0 aromatic heterocycles. The molecule has 0 spiro atoms. The number of carboxylic acid groups (broad SMARTS) is 1. The molecule has 0 unspecified atom stereocenters. The largest absolute Gasteiger partial charge is 0.480 e. The lowest BCUT2D eigenvalue weighted by Crippen LogP contribution is -2.47. The van der Waals surface area contributed by atoms with Crippen molar-refractivity contribution >= 4 is 17.8 Å². The van der Waals surface area contributed by atoms with E-state index in [1.807, 2.05) is 30.3 Å². The van der Waals surface area contributed by atoms with Crippen LogP contribution in [0.25, 0.3) is 0 Å². The van der Waals surface area contributed by atoms with Gasteiger partial charge in [0.25, 0.3) is 0 Å². The third-order valence-corrected chi connectivity index (χ3v) is 5.83. The molecule has 1 aromatic carbocycles. The number of rotatable bonds is 4. The van der Waals surface area contributed by atoms with E-state index in [9.17, 15) is 19.5 Å². The standard InChI is InChI=1S/C18H19NO4/c20-16-14-11-6-7-12(9-11)15(14)17(21)19(16)13(18(22)23)8-10-4-2-1-3-5-10/h1-5,11-15H,6-9H2,(H,22,23)/t11-,12+,13-,14-,15+/m0/s1. The van der Waals surface area contributed by atoms with E-state index in [0.717, 1.165) is 29.7 Å². The van der Waals surface area contributed by atoms with Crippen molar-refractivity contribution in [1.29, 1.82) is 0 Å². The molecule has 120 valence electrons. The van der Waals surface area contributed by atoms with Gasteiger partial charge in [-0.15, -0.1) is 0 Å². The topological polar surface area (TPSA) is 74.7 Å². The second kappa shape index (κ2) is 5.18. The van der Waals surface area contributed by atoms with Gasteiger partial charge in [0.05, 0.1) is 11.8 Å². The van der Waals surface area contributed by atoms with Crippen molar-refractivity contribution in [2.45, 2.75) is 31.7 Å². The number of hydrogen-bond acceptors (Lipinski definition) is 3. The van der Waals surface area contributed by atoms with Crippen molar-refractivity contribution in [1.82, 2.24) is 4.90 Å². The lowest BCUT2D eigenvalue weighted by Gasteiger charge is -2.24. The Morgan fingerprint density at radius 3 is 2.17 bits per heavy atom. The average Bonchev–Trinajstić information content (AvgIpc) is 3.21. The average molecular weight is 313 g/mol. The fourth-order valence-corrected chi connectivity index (χ4v) is 4.87. The van der Waals surface area contributed by atoms with Crippen LogP contribution in [0.3, 0.4) is 0 Å². The van der Waals surface area contributed by atoms with Gasteiger partial charge in [-0.1, -0.05) is 30.3 Å². The number of aliphatic carboxylic acids is 1. The van der Waals surface area contributed by atoms with Crippen LogP contribution in [0.1, 0.15) is 24.8 Å². The predicted octanol–water partition coefficient (Wildman–Crippen LogP) is 1.71. The molecule has 1 N–H and O–H groups in total. The van der Waals surface area contributed by atoms with Crippen LogP contribution in [0, 0.1) is 23.7 Å². The zero-order chi connectivity index (χ0) is 16.1. The molecule has 4 rings (SSSR count). The van der Waals surface area contributed by atoms with Gasteiger partial charge in [0.15, 0.2) is 0 Å². The molecule has 23 heavy (non-hydrogen) atoms. The molecule has 1 heterocycles. The minimum Gasteiger partial charge on any atom is -0.480 e. The third kappa shape index (κ3) is 2.10. The SMILES string of the molecule is O=C(O)[C@H](Cc1ccccc1)N1C(=O)[C@@H]2[C@@H]3CC[C@@H](C3)[C@@H]2C1=O. The molecular formula is C18H19NO4. The molecule has 2 aliphatic carbocycles. The van der Waals surface area contributed by atoms with E-state index in [0.29, 0.717) is 0 Å². The van der Waals surface area contributed by atoms with Crippen molar-refractivity contribution in [3.05, 3.63) is 35.9 Å². The highest BCUT2D eigenvalue weighted by atomic mass is 16.4. The number of fused-ring (bicyclic) bond motifs is 5. The number of benzene rings is 1. The molecule has 2 saturated carbocycles. The van der Waals surface area contributed by atoms with Gasteiger partial charge in [0.2, 0.25) is 11.8 Å². The molecule has 2 amide bonds. The normalized spacial score (nSPS) is 33.1. The van der Waals surface area contributed by atoms with Gasteiger partial charge in [0, 0.05) is 6.42 Å². The number of amides is 2. The van der Waals surface area contributed by atoms with Crippen LogP contribution in [0.15, 0.2) is 30.3 Å². The number of carbonyl (C=O) groups is 3. The van der Waals surface area contributed by atoms with Crippen molar-refractivity contribution in [3.63, 3.8) is 0 Å². The van der Waals surface area contributed by atoms with Crippen molar-refractivity contribution < 1.29 is 19.5 Å². The first-order valence-corrected chi connectivity index (χ1v) is 8.21. The summed E-state index contributed by atoms with van der Waals surface area (Å²) in [6.45, 7) is 0. The lowest BCUT2D eigenvalue weighted by atomic mass is 9.81. The first-order valence-electron chi connectivity index (χ1n) is 8.21. The second-order valence-corrected chi connectivity index (χ2v) is 6.98. The third-order valence-electron chi connectivity index (χ3n) is 5.83. The maximum Gasteiger partial charge on any atom is 0.327 e. The quantitative estimate of drug-likeness (QED) is 0.859.